The molecule has 49 heavy (non-hydrogen) atoms. The molecule has 5 heteroatoms. The van der Waals surface area contributed by atoms with E-state index in [0.717, 1.165) is 62.2 Å². The van der Waals surface area contributed by atoms with Crippen LogP contribution in [-0.2, 0) is 41.9 Å². The van der Waals surface area contributed by atoms with Crippen molar-refractivity contribution < 1.29 is 15.3 Å². The van der Waals surface area contributed by atoms with Crippen LogP contribution in [0, 0.1) is 17.3 Å². The Labute approximate surface area is 295 Å². The second-order valence-electron chi connectivity index (χ2n) is 18.9. The molecule has 2 unspecified atom stereocenters. The molecule has 264 valence electrons. The van der Waals surface area contributed by atoms with Gasteiger partial charge >= 0.3 is 0 Å². The lowest BCUT2D eigenvalue weighted by atomic mass is 9.69. The summed E-state index contributed by atoms with van der Waals surface area (Å²) in [4.78, 5) is 0. The van der Waals surface area contributed by atoms with Crippen LogP contribution < -0.4 is 5.84 Å². The normalized spacial score (nSPS) is 19.9. The molecule has 5 N–H and O–H groups in total. The van der Waals surface area contributed by atoms with Gasteiger partial charge in [-0.3, -0.25) is 0 Å². The van der Waals surface area contributed by atoms with Gasteiger partial charge in [0.1, 0.15) is 17.2 Å². The van der Waals surface area contributed by atoms with Crippen LogP contribution >= 0.6 is 0 Å². The first-order valence-electron chi connectivity index (χ1n) is 18.0. The lowest BCUT2D eigenvalue weighted by Gasteiger charge is -2.36. The predicted molar refractivity (Wildman–Crippen MR) is 204 cm³/mol. The maximum atomic E-state index is 12.0. The average Bonchev–Trinajstić information content (AvgIpc) is 2.96. The largest absolute Gasteiger partial charge is 0.507 e. The van der Waals surface area contributed by atoms with Gasteiger partial charge in [-0.05, 0) is 91.0 Å². The third-order valence-electron chi connectivity index (χ3n) is 10.8. The van der Waals surface area contributed by atoms with Crippen molar-refractivity contribution in [1.82, 2.24) is 0 Å². The van der Waals surface area contributed by atoms with E-state index in [1.807, 2.05) is 0 Å². The number of benzene rings is 3. The van der Waals surface area contributed by atoms with Gasteiger partial charge in [0.2, 0.25) is 0 Å². The van der Waals surface area contributed by atoms with Crippen LogP contribution in [0.15, 0.2) is 53.1 Å². The van der Waals surface area contributed by atoms with Crippen molar-refractivity contribution in [2.75, 3.05) is 0 Å². The number of aromatic hydroxyl groups is 3. The number of fused-ring (bicyclic) bond motifs is 8. The van der Waals surface area contributed by atoms with Crippen LogP contribution in [0.2, 0.25) is 0 Å². The Balaban J connectivity index is 1.86. The number of nitrogens with two attached hydrogens (primary N) is 1. The fourth-order valence-corrected chi connectivity index (χ4v) is 7.51. The van der Waals surface area contributed by atoms with Crippen LogP contribution in [0.3, 0.4) is 0 Å². The smallest absolute Gasteiger partial charge is 0.122 e. The molecule has 3 aromatic carbocycles. The summed E-state index contributed by atoms with van der Waals surface area (Å²) in [6.07, 6.45) is 5.01. The summed E-state index contributed by atoms with van der Waals surface area (Å²) < 4.78 is 0. The summed E-state index contributed by atoms with van der Waals surface area (Å²) in [6, 6.07) is 12.7. The summed E-state index contributed by atoms with van der Waals surface area (Å²) in [7, 11) is 0. The summed E-state index contributed by atoms with van der Waals surface area (Å²) >= 11 is 0. The van der Waals surface area contributed by atoms with E-state index in [4.69, 9.17) is 5.84 Å². The Morgan fingerprint density at radius 1 is 0.510 bits per heavy atom. The number of allylic oxidation sites excluding steroid dienone is 2. The highest BCUT2D eigenvalue weighted by atomic mass is 16.3. The molecule has 0 aromatic heterocycles. The first-order valence-corrected chi connectivity index (χ1v) is 18.0. The van der Waals surface area contributed by atoms with Crippen LogP contribution in [0.4, 0.5) is 0 Å². The lowest BCUT2D eigenvalue weighted by molar-refractivity contribution is 0.429. The molecule has 0 saturated heterocycles. The van der Waals surface area contributed by atoms with Gasteiger partial charge in [0, 0.05) is 30.4 Å². The molecule has 3 aromatic rings. The molecular weight excluding hydrogens is 604 g/mol. The van der Waals surface area contributed by atoms with Gasteiger partial charge in [-0.15, -0.1) is 0 Å². The SMILES string of the molecule is CC(C)(C)C1=CC2Cc3cc(C(C)(C)C)cc(c3O)Cc3cc(C(C)(C)C)cc(c3O)Cc3cc(C(C)(C)C)cc(c3O)CC(C1)/C2=N/N. The highest BCUT2D eigenvalue weighted by Crippen LogP contribution is 2.44. The minimum absolute atomic E-state index is 0.0206. The van der Waals surface area contributed by atoms with E-state index in [0.29, 0.717) is 25.7 Å². The number of hydrogen-bond acceptors (Lipinski definition) is 5. The van der Waals surface area contributed by atoms with Crippen molar-refractivity contribution in [2.24, 2.45) is 28.2 Å². The Kier molecular flexibility index (Phi) is 9.36. The summed E-state index contributed by atoms with van der Waals surface area (Å²) in [5.74, 6) is 6.90. The van der Waals surface area contributed by atoms with Gasteiger partial charge in [-0.2, -0.15) is 5.10 Å². The Morgan fingerprint density at radius 3 is 1.20 bits per heavy atom. The fourth-order valence-electron chi connectivity index (χ4n) is 7.51. The van der Waals surface area contributed by atoms with Gasteiger partial charge in [0.15, 0.2) is 0 Å². The molecule has 0 radical (unpaired) electrons. The van der Waals surface area contributed by atoms with E-state index in [1.165, 1.54) is 5.57 Å². The third kappa shape index (κ3) is 7.56. The molecule has 2 atom stereocenters. The zero-order valence-electron chi connectivity index (χ0n) is 32.1. The zero-order chi connectivity index (χ0) is 36.4. The van der Waals surface area contributed by atoms with Gasteiger partial charge in [-0.1, -0.05) is 131 Å². The number of hydrazone groups is 1. The topological polar surface area (TPSA) is 99.1 Å². The molecule has 0 heterocycles. The number of rotatable bonds is 0. The van der Waals surface area contributed by atoms with E-state index >= 15 is 0 Å². The number of nitrogens with zero attached hydrogens (tertiary/aromatic N) is 1. The maximum Gasteiger partial charge on any atom is 0.122 e. The highest BCUT2D eigenvalue weighted by Gasteiger charge is 2.36. The van der Waals surface area contributed by atoms with Crippen molar-refractivity contribution in [3.63, 3.8) is 0 Å². The van der Waals surface area contributed by atoms with Crippen molar-refractivity contribution in [2.45, 2.75) is 131 Å². The first kappa shape index (κ1) is 36.5. The molecule has 0 saturated carbocycles. The highest BCUT2D eigenvalue weighted by molar-refractivity contribution is 5.92. The molecule has 0 fully saturated rings. The van der Waals surface area contributed by atoms with Crippen LogP contribution in [0.25, 0.3) is 0 Å². The second-order valence-corrected chi connectivity index (χ2v) is 18.9. The molecule has 2 aliphatic rings. The second kappa shape index (κ2) is 12.5. The van der Waals surface area contributed by atoms with Crippen LogP contribution in [0.5, 0.6) is 17.2 Å². The van der Waals surface area contributed by atoms with E-state index in [1.54, 1.807) is 0 Å². The van der Waals surface area contributed by atoms with Crippen LogP contribution in [0.1, 0.15) is 140 Å². The molecule has 0 amide bonds. The van der Waals surface area contributed by atoms with E-state index in [9.17, 15) is 15.3 Å². The molecule has 8 bridgehead atoms. The lowest BCUT2D eigenvalue weighted by Crippen LogP contribution is -2.34. The first-order chi connectivity index (χ1) is 22.5. The predicted octanol–water partition coefficient (Wildman–Crippen LogP) is 9.90. The number of phenolic OH excluding ortho intramolecular Hbond substituents is 3. The summed E-state index contributed by atoms with van der Waals surface area (Å²) in [5, 5.41) is 40.5. The molecule has 5 nitrogen and oxygen atoms in total. The monoisotopic (exact) mass is 664 g/mol. The quantitative estimate of drug-likeness (QED) is 0.109. The molecule has 0 spiro atoms. The van der Waals surface area contributed by atoms with E-state index in [2.05, 4.69) is 131 Å². The Morgan fingerprint density at radius 2 is 0.857 bits per heavy atom. The zero-order valence-corrected chi connectivity index (χ0v) is 32.1. The minimum Gasteiger partial charge on any atom is -0.507 e. The van der Waals surface area contributed by atoms with Crippen molar-refractivity contribution in [3.8, 4) is 17.2 Å². The van der Waals surface area contributed by atoms with Crippen molar-refractivity contribution in [3.05, 3.63) is 98.1 Å². The molecule has 2 aliphatic carbocycles. The minimum atomic E-state index is -0.175. The van der Waals surface area contributed by atoms with E-state index < -0.39 is 0 Å². The van der Waals surface area contributed by atoms with Gasteiger partial charge in [0.25, 0.3) is 0 Å². The van der Waals surface area contributed by atoms with Crippen molar-refractivity contribution in [1.29, 1.82) is 0 Å². The third-order valence-corrected chi connectivity index (χ3v) is 10.8. The van der Waals surface area contributed by atoms with Crippen LogP contribution in [-0.4, -0.2) is 21.0 Å². The molecule has 5 rings (SSSR count). The van der Waals surface area contributed by atoms with Crippen molar-refractivity contribution >= 4 is 5.71 Å². The van der Waals surface area contributed by atoms with Gasteiger partial charge < -0.3 is 21.2 Å². The van der Waals surface area contributed by atoms with Gasteiger partial charge in [0.05, 0.1) is 0 Å². The molecule has 0 aliphatic heterocycles. The molecular formula is C44H60N2O3. The van der Waals surface area contributed by atoms with Gasteiger partial charge in [-0.25, -0.2) is 0 Å². The average molecular weight is 665 g/mol. The Hall–Kier alpha value is -3.73. The fraction of sp³-hybridized carbons (Fsp3) is 0.523. The van der Waals surface area contributed by atoms with E-state index in [-0.39, 0.29) is 50.7 Å². The summed E-state index contributed by atoms with van der Waals surface area (Å²) in [5.41, 5.74) is 9.94. The summed E-state index contributed by atoms with van der Waals surface area (Å²) in [6.45, 7) is 26.5. The number of phenols is 3. The number of hydrogen-bond donors (Lipinski definition) is 4. The standard InChI is InChI=1S/C44H60N2O3/c1-41(2,3)33-17-25-13-27-19-34(42(4,5)6)21-29(38(27)47)15-31-23-36(44(10,11)12)24-32(40(31)49)16-30-22-35(43(7,8)9)20-28(39(30)48)14-26(18-33)37(25)46-45/h17,19-26,47-49H,13-16,18,45H2,1-12H3/b46-37+. The maximum absolute atomic E-state index is 12.0. The Bertz CT molecular complexity index is 1820.